The number of nitrogens with one attached hydrogen (secondary N) is 2. The molecule has 8 heteroatoms. The summed E-state index contributed by atoms with van der Waals surface area (Å²) < 4.78 is 38.2. The average Bonchev–Trinajstić information content (AvgIpc) is 3.38. The maximum atomic E-state index is 12.7. The molecule has 3 unspecified atom stereocenters. The Balaban J connectivity index is 1.24. The molecule has 176 valence electrons. The van der Waals surface area contributed by atoms with Gasteiger partial charge in [0.05, 0.1) is 5.56 Å². The van der Waals surface area contributed by atoms with Gasteiger partial charge in [0.15, 0.2) is 0 Å². The van der Waals surface area contributed by atoms with E-state index in [1.165, 1.54) is 25.0 Å². The zero-order valence-electron chi connectivity index (χ0n) is 18.5. The van der Waals surface area contributed by atoms with Crippen molar-refractivity contribution in [3.63, 3.8) is 0 Å². The summed E-state index contributed by atoms with van der Waals surface area (Å²) in [5.74, 6) is -0.710. The summed E-state index contributed by atoms with van der Waals surface area (Å²) in [5, 5.41) is 5.76. The van der Waals surface area contributed by atoms with Crippen molar-refractivity contribution in [2.24, 2.45) is 5.92 Å². The van der Waals surface area contributed by atoms with Crippen molar-refractivity contribution in [3.8, 4) is 0 Å². The predicted octanol–water partition coefficient (Wildman–Crippen LogP) is 4.94. The minimum atomic E-state index is -4.37. The summed E-state index contributed by atoms with van der Waals surface area (Å²) in [6, 6.07) is 12.4. The second-order valence-electron chi connectivity index (χ2n) is 8.97. The van der Waals surface area contributed by atoms with Crippen molar-refractivity contribution in [3.05, 3.63) is 59.7 Å². The van der Waals surface area contributed by atoms with E-state index in [0.717, 1.165) is 42.2 Å². The molecule has 2 N–H and O–H groups in total. The molecule has 1 heterocycles. The molecule has 4 rings (SSSR count). The Kier molecular flexibility index (Phi) is 6.63. The highest BCUT2D eigenvalue weighted by molar-refractivity contribution is 5.92. The second-order valence-corrected chi connectivity index (χ2v) is 8.97. The Bertz CT molecular complexity index is 1000. The van der Waals surface area contributed by atoms with Gasteiger partial charge in [-0.15, -0.1) is 0 Å². The summed E-state index contributed by atoms with van der Waals surface area (Å²) in [4.78, 5) is 27.3. The highest BCUT2D eigenvalue weighted by Gasteiger charge is 2.44. The molecule has 0 spiro atoms. The van der Waals surface area contributed by atoms with Crippen LogP contribution in [-0.2, 0) is 15.8 Å². The third kappa shape index (κ3) is 5.86. The number of carbonyl (C=O) groups excluding carboxylic acids is 2. The molecule has 2 aromatic rings. The molecule has 1 aliphatic heterocycles. The molecule has 5 nitrogen and oxygen atoms in total. The Morgan fingerprint density at radius 2 is 1.79 bits per heavy atom. The van der Waals surface area contributed by atoms with Gasteiger partial charge in [0.1, 0.15) is 0 Å². The third-order valence-corrected chi connectivity index (χ3v) is 6.27. The highest BCUT2D eigenvalue weighted by Crippen LogP contribution is 2.48. The van der Waals surface area contributed by atoms with Crippen LogP contribution in [-0.4, -0.2) is 30.9 Å². The number of hydrogen-bond acceptors (Lipinski definition) is 3. The fraction of sp³-hybridized carbons (Fsp3) is 0.440. The van der Waals surface area contributed by atoms with Crippen LogP contribution in [0.4, 0.5) is 24.5 Å². The van der Waals surface area contributed by atoms with Crippen LogP contribution in [0.1, 0.15) is 49.7 Å². The standard InChI is InChI=1S/C25H28F3N3O2/c1-16(13-23(32)30-19-5-4-6-20(14-19)31-11-2-3-12-31)29-24(33)22-15-21(22)17-7-9-18(10-8-17)25(26,27)28/h4-10,14,16,21-22H,2-3,11-13,15H2,1H3,(H,29,33)(H,30,32). The van der Waals surface area contributed by atoms with Crippen molar-refractivity contribution in [2.45, 2.75) is 50.7 Å². The van der Waals surface area contributed by atoms with E-state index in [4.69, 9.17) is 0 Å². The van der Waals surface area contributed by atoms with Gasteiger partial charge in [-0.3, -0.25) is 9.59 Å². The van der Waals surface area contributed by atoms with Crippen molar-refractivity contribution in [1.82, 2.24) is 5.32 Å². The summed E-state index contributed by atoms with van der Waals surface area (Å²) in [6.07, 6.45) is -1.29. The van der Waals surface area contributed by atoms with Gasteiger partial charge in [0.2, 0.25) is 11.8 Å². The van der Waals surface area contributed by atoms with Crippen molar-refractivity contribution in [1.29, 1.82) is 0 Å². The number of rotatable bonds is 7. The lowest BCUT2D eigenvalue weighted by atomic mass is 10.1. The number of carbonyl (C=O) groups is 2. The van der Waals surface area contributed by atoms with E-state index in [0.29, 0.717) is 6.42 Å². The highest BCUT2D eigenvalue weighted by atomic mass is 19.4. The van der Waals surface area contributed by atoms with Gasteiger partial charge in [-0.05, 0) is 68.0 Å². The fourth-order valence-corrected chi connectivity index (χ4v) is 4.42. The van der Waals surface area contributed by atoms with Gasteiger partial charge in [-0.1, -0.05) is 18.2 Å². The van der Waals surface area contributed by atoms with Gasteiger partial charge in [-0.2, -0.15) is 13.2 Å². The van der Waals surface area contributed by atoms with E-state index in [9.17, 15) is 22.8 Å². The quantitative estimate of drug-likeness (QED) is 0.617. The molecule has 1 aliphatic carbocycles. The normalized spacial score (nSPS) is 20.9. The number of hydrogen-bond donors (Lipinski definition) is 2. The number of halogens is 3. The lowest BCUT2D eigenvalue weighted by Gasteiger charge is -2.19. The number of anilines is 2. The van der Waals surface area contributed by atoms with Gasteiger partial charge in [-0.25, -0.2) is 0 Å². The predicted molar refractivity (Wildman–Crippen MR) is 121 cm³/mol. The fourth-order valence-electron chi connectivity index (χ4n) is 4.42. The zero-order chi connectivity index (χ0) is 23.6. The number of nitrogens with zero attached hydrogens (tertiary/aromatic N) is 1. The Labute approximate surface area is 191 Å². The van der Waals surface area contributed by atoms with Crippen molar-refractivity contribution >= 4 is 23.2 Å². The van der Waals surface area contributed by atoms with Crippen LogP contribution in [0.25, 0.3) is 0 Å². The molecule has 2 amide bonds. The first-order chi connectivity index (χ1) is 15.7. The van der Waals surface area contributed by atoms with E-state index >= 15 is 0 Å². The summed E-state index contributed by atoms with van der Waals surface area (Å²) in [6.45, 7) is 3.82. The molecule has 0 radical (unpaired) electrons. The Morgan fingerprint density at radius 1 is 1.09 bits per heavy atom. The summed E-state index contributed by atoms with van der Waals surface area (Å²) in [5.41, 5.74) is 1.85. The first kappa shape index (κ1) is 23.1. The Morgan fingerprint density at radius 3 is 2.45 bits per heavy atom. The van der Waals surface area contributed by atoms with Gasteiger partial charge < -0.3 is 15.5 Å². The molecule has 1 saturated carbocycles. The molecular formula is C25H28F3N3O2. The minimum Gasteiger partial charge on any atom is -0.371 e. The molecule has 2 fully saturated rings. The third-order valence-electron chi connectivity index (χ3n) is 6.27. The molecule has 1 saturated heterocycles. The van der Waals surface area contributed by atoms with Gasteiger partial charge in [0.25, 0.3) is 0 Å². The van der Waals surface area contributed by atoms with E-state index in [1.807, 2.05) is 24.3 Å². The first-order valence-electron chi connectivity index (χ1n) is 11.3. The minimum absolute atomic E-state index is 0.0818. The van der Waals surface area contributed by atoms with Crippen LogP contribution >= 0.6 is 0 Å². The van der Waals surface area contributed by atoms with Crippen LogP contribution in [0, 0.1) is 5.92 Å². The van der Waals surface area contributed by atoms with Gasteiger partial charge >= 0.3 is 6.18 Å². The van der Waals surface area contributed by atoms with Crippen LogP contribution in [0.3, 0.4) is 0 Å². The molecule has 2 aliphatic rings. The molecule has 3 atom stereocenters. The van der Waals surface area contributed by atoms with E-state index in [2.05, 4.69) is 15.5 Å². The topological polar surface area (TPSA) is 61.4 Å². The number of alkyl halides is 3. The molecule has 0 aromatic heterocycles. The zero-order valence-corrected chi connectivity index (χ0v) is 18.5. The van der Waals surface area contributed by atoms with E-state index in [1.54, 1.807) is 6.92 Å². The van der Waals surface area contributed by atoms with Crippen molar-refractivity contribution in [2.75, 3.05) is 23.3 Å². The largest absolute Gasteiger partial charge is 0.416 e. The number of amides is 2. The maximum absolute atomic E-state index is 12.7. The van der Waals surface area contributed by atoms with Crippen LogP contribution < -0.4 is 15.5 Å². The number of benzene rings is 2. The lowest BCUT2D eigenvalue weighted by Crippen LogP contribution is -2.36. The van der Waals surface area contributed by atoms with Gasteiger partial charge in [0, 0.05) is 42.8 Å². The van der Waals surface area contributed by atoms with Crippen LogP contribution in [0.15, 0.2) is 48.5 Å². The van der Waals surface area contributed by atoms with E-state index < -0.39 is 11.7 Å². The average molecular weight is 460 g/mol. The van der Waals surface area contributed by atoms with Crippen LogP contribution in [0.5, 0.6) is 0 Å². The lowest BCUT2D eigenvalue weighted by molar-refractivity contribution is -0.137. The monoisotopic (exact) mass is 459 g/mol. The molecular weight excluding hydrogens is 431 g/mol. The second kappa shape index (κ2) is 9.45. The SMILES string of the molecule is CC(CC(=O)Nc1cccc(N2CCCC2)c1)NC(=O)C1CC1c1ccc(C(F)(F)F)cc1. The molecule has 2 aromatic carbocycles. The van der Waals surface area contributed by atoms with E-state index in [-0.39, 0.29) is 36.1 Å². The van der Waals surface area contributed by atoms with Crippen molar-refractivity contribution < 1.29 is 22.8 Å². The molecule has 0 bridgehead atoms. The first-order valence-corrected chi connectivity index (χ1v) is 11.3. The smallest absolute Gasteiger partial charge is 0.371 e. The summed E-state index contributed by atoms with van der Waals surface area (Å²) in [7, 11) is 0. The summed E-state index contributed by atoms with van der Waals surface area (Å²) >= 11 is 0. The maximum Gasteiger partial charge on any atom is 0.416 e. The molecule has 33 heavy (non-hydrogen) atoms. The Hall–Kier alpha value is -3.03. The van der Waals surface area contributed by atoms with Crippen LogP contribution in [0.2, 0.25) is 0 Å².